The molecule has 0 saturated heterocycles. The van der Waals surface area contributed by atoms with Gasteiger partial charge in [-0.1, -0.05) is 25.3 Å². The second-order valence-electron chi connectivity index (χ2n) is 9.83. The molecule has 12 heteroatoms. The lowest BCUT2D eigenvalue weighted by atomic mass is 10.1. The first kappa shape index (κ1) is 33.4. The summed E-state index contributed by atoms with van der Waals surface area (Å²) in [6, 6.07) is 26.8. The predicted octanol–water partition coefficient (Wildman–Crippen LogP) is 9.75. The van der Waals surface area contributed by atoms with Gasteiger partial charge in [-0.05, 0) is 83.7 Å². The Morgan fingerprint density at radius 2 is 1.12 bits per heavy atom. The molecule has 242 valence electrons. The Hall–Kier alpha value is -6.01. The van der Waals surface area contributed by atoms with Gasteiger partial charge in [0.15, 0.2) is 11.6 Å². The van der Waals surface area contributed by atoms with Crippen molar-refractivity contribution in [3.05, 3.63) is 122 Å². The summed E-state index contributed by atoms with van der Waals surface area (Å²) in [6.07, 6.45) is 2.16. The standard InChI is InChI=1S/C36H29FN4O6S/c1-3-35(42)46-19-17-44-30-15-13-29(14-16-30)41-40-28-11-9-27(10-12-28)39-38-26-7-5-24(6-8-26)33-22-25-21-31(37)32(23-34(25)48-33)45-18-20-47-36(43)4-2/h3-16,21-23H,1-2,17-20H2. The molecule has 0 aliphatic carbocycles. The van der Waals surface area contributed by atoms with Crippen LogP contribution in [0.15, 0.2) is 137 Å². The minimum absolute atomic E-state index is 0.00585. The minimum Gasteiger partial charge on any atom is -0.490 e. The van der Waals surface area contributed by atoms with Gasteiger partial charge in [0.2, 0.25) is 0 Å². The van der Waals surface area contributed by atoms with E-state index in [2.05, 4.69) is 33.6 Å². The lowest BCUT2D eigenvalue weighted by molar-refractivity contribution is -0.139. The van der Waals surface area contributed by atoms with E-state index in [9.17, 15) is 14.0 Å². The molecule has 0 aliphatic rings. The summed E-state index contributed by atoms with van der Waals surface area (Å²) < 4.78 is 36.2. The fraction of sp³-hybridized carbons (Fsp3) is 0.111. The summed E-state index contributed by atoms with van der Waals surface area (Å²) in [5.74, 6) is -0.829. The number of thiophene rings is 1. The number of nitrogens with zero attached hydrogens (tertiary/aromatic N) is 4. The van der Waals surface area contributed by atoms with Gasteiger partial charge in [-0.2, -0.15) is 20.5 Å². The lowest BCUT2D eigenvalue weighted by Gasteiger charge is -2.07. The molecule has 0 saturated carbocycles. The highest BCUT2D eigenvalue weighted by Gasteiger charge is 2.11. The molecule has 5 rings (SSSR count). The SMILES string of the molecule is C=CC(=O)OCCOc1ccc(N=Nc2ccc(N=Nc3ccc(-c4cc5cc(F)c(OCCOC(=O)C=C)cc5s4)cc3)cc2)cc1. The van der Waals surface area contributed by atoms with Crippen molar-refractivity contribution in [1.82, 2.24) is 0 Å². The number of fused-ring (bicyclic) bond motifs is 1. The summed E-state index contributed by atoms with van der Waals surface area (Å²) in [6.45, 7) is 7.04. The zero-order valence-corrected chi connectivity index (χ0v) is 26.4. The van der Waals surface area contributed by atoms with Crippen molar-refractivity contribution >= 4 is 56.1 Å². The number of hydrogen-bond acceptors (Lipinski definition) is 11. The van der Waals surface area contributed by atoms with Crippen LogP contribution < -0.4 is 9.47 Å². The van der Waals surface area contributed by atoms with Crippen molar-refractivity contribution in [1.29, 1.82) is 0 Å². The molecule has 1 heterocycles. The highest BCUT2D eigenvalue weighted by Crippen LogP contribution is 2.37. The first-order chi connectivity index (χ1) is 23.4. The second kappa shape index (κ2) is 16.5. The van der Waals surface area contributed by atoms with E-state index in [1.807, 2.05) is 30.3 Å². The molecule has 0 fully saturated rings. The van der Waals surface area contributed by atoms with E-state index in [0.29, 0.717) is 28.5 Å². The van der Waals surface area contributed by atoms with Crippen molar-refractivity contribution in [3.8, 4) is 21.9 Å². The van der Waals surface area contributed by atoms with Crippen LogP contribution in [0.25, 0.3) is 20.5 Å². The number of azo groups is 2. The van der Waals surface area contributed by atoms with Gasteiger partial charge in [-0.25, -0.2) is 14.0 Å². The molecule has 0 amide bonds. The lowest BCUT2D eigenvalue weighted by Crippen LogP contribution is -2.10. The Morgan fingerprint density at radius 1 is 0.646 bits per heavy atom. The number of rotatable bonds is 15. The maximum absolute atomic E-state index is 14.6. The van der Waals surface area contributed by atoms with E-state index in [-0.39, 0.29) is 32.2 Å². The largest absolute Gasteiger partial charge is 0.490 e. The Labute approximate surface area is 279 Å². The summed E-state index contributed by atoms with van der Waals surface area (Å²) in [4.78, 5) is 23.2. The highest BCUT2D eigenvalue weighted by molar-refractivity contribution is 7.22. The van der Waals surface area contributed by atoms with Gasteiger partial charge in [0.25, 0.3) is 0 Å². The molecule has 0 N–H and O–H groups in total. The monoisotopic (exact) mass is 664 g/mol. The minimum atomic E-state index is -0.560. The molecule has 0 unspecified atom stereocenters. The van der Waals surface area contributed by atoms with Crippen LogP contribution in [0.2, 0.25) is 0 Å². The third-order valence-electron chi connectivity index (χ3n) is 6.49. The normalized spacial score (nSPS) is 11.1. The molecule has 48 heavy (non-hydrogen) atoms. The van der Waals surface area contributed by atoms with Gasteiger partial charge in [0, 0.05) is 27.8 Å². The molecule has 0 atom stereocenters. The van der Waals surface area contributed by atoms with Crippen molar-refractivity contribution in [3.63, 3.8) is 0 Å². The van der Waals surface area contributed by atoms with Gasteiger partial charge >= 0.3 is 11.9 Å². The maximum atomic E-state index is 14.6. The van der Waals surface area contributed by atoms with Crippen molar-refractivity contribution in [2.45, 2.75) is 0 Å². The number of ether oxygens (including phenoxy) is 4. The molecule has 10 nitrogen and oxygen atoms in total. The average molecular weight is 665 g/mol. The van der Waals surface area contributed by atoms with Crippen LogP contribution in [0.4, 0.5) is 27.1 Å². The molecule has 0 radical (unpaired) electrons. The van der Waals surface area contributed by atoms with Gasteiger partial charge in [-0.15, -0.1) is 11.3 Å². The number of hydrogen-bond donors (Lipinski definition) is 0. The molecule has 1 aromatic heterocycles. The van der Waals surface area contributed by atoms with E-state index < -0.39 is 17.8 Å². The zero-order valence-electron chi connectivity index (χ0n) is 25.6. The second-order valence-corrected chi connectivity index (χ2v) is 10.9. The maximum Gasteiger partial charge on any atom is 0.330 e. The zero-order chi connectivity index (χ0) is 33.7. The topological polar surface area (TPSA) is 120 Å². The smallest absolute Gasteiger partial charge is 0.330 e. The van der Waals surface area contributed by atoms with Crippen LogP contribution >= 0.6 is 11.3 Å². The highest BCUT2D eigenvalue weighted by atomic mass is 32.1. The molecule has 0 bridgehead atoms. The predicted molar refractivity (Wildman–Crippen MR) is 182 cm³/mol. The molecule has 4 aromatic carbocycles. The van der Waals surface area contributed by atoms with Crippen molar-refractivity contribution < 1.29 is 32.9 Å². The Bertz CT molecular complexity index is 1960. The van der Waals surface area contributed by atoms with Gasteiger partial charge in [0.05, 0.1) is 22.7 Å². The number of esters is 2. The molecule has 0 aliphatic heterocycles. The summed E-state index contributed by atoms with van der Waals surface area (Å²) in [7, 11) is 0. The Kier molecular flexibility index (Phi) is 11.5. The Balaban J connectivity index is 1.13. The van der Waals surface area contributed by atoms with Crippen LogP contribution in [-0.2, 0) is 19.1 Å². The number of carbonyl (C=O) groups is 2. The van der Waals surface area contributed by atoms with Gasteiger partial charge in [0.1, 0.15) is 32.2 Å². The number of halogens is 1. The summed E-state index contributed by atoms with van der Waals surface area (Å²) in [5, 5.41) is 17.9. The fourth-order valence-electron chi connectivity index (χ4n) is 4.13. The van der Waals surface area contributed by atoms with Gasteiger partial charge in [-0.3, -0.25) is 0 Å². The van der Waals surface area contributed by atoms with Crippen LogP contribution in [0.3, 0.4) is 0 Å². The molecule has 5 aromatic rings. The van der Waals surface area contributed by atoms with Crippen LogP contribution in [0.5, 0.6) is 11.5 Å². The first-order valence-corrected chi connectivity index (χ1v) is 15.4. The van der Waals surface area contributed by atoms with Crippen molar-refractivity contribution in [2.24, 2.45) is 20.5 Å². The summed E-state index contributed by atoms with van der Waals surface area (Å²) >= 11 is 1.51. The van der Waals surface area contributed by atoms with E-state index in [1.54, 1.807) is 54.6 Å². The number of carbonyl (C=O) groups excluding carboxylic acids is 2. The molecule has 0 spiro atoms. The average Bonchev–Trinajstić information content (AvgIpc) is 3.53. The third-order valence-corrected chi connectivity index (χ3v) is 7.63. The molecular formula is C36H29FN4O6S. The quantitative estimate of drug-likeness (QED) is 0.0475. The summed E-state index contributed by atoms with van der Waals surface area (Å²) in [5.41, 5.74) is 3.58. The van der Waals surface area contributed by atoms with Crippen LogP contribution in [-0.4, -0.2) is 38.4 Å². The van der Waals surface area contributed by atoms with Crippen LogP contribution in [0, 0.1) is 5.82 Å². The molecular weight excluding hydrogens is 635 g/mol. The van der Waals surface area contributed by atoms with Crippen molar-refractivity contribution in [2.75, 3.05) is 26.4 Å². The van der Waals surface area contributed by atoms with E-state index in [4.69, 9.17) is 18.9 Å². The van der Waals surface area contributed by atoms with Crippen LogP contribution in [0.1, 0.15) is 0 Å². The van der Waals surface area contributed by atoms with E-state index in [0.717, 1.165) is 32.7 Å². The van der Waals surface area contributed by atoms with E-state index >= 15 is 0 Å². The first-order valence-electron chi connectivity index (χ1n) is 14.6. The third kappa shape index (κ3) is 9.50. The van der Waals surface area contributed by atoms with Gasteiger partial charge < -0.3 is 18.9 Å². The van der Waals surface area contributed by atoms with E-state index in [1.165, 1.54) is 17.4 Å². The Morgan fingerprint density at radius 3 is 1.65 bits per heavy atom. The number of benzene rings is 4. The fourth-order valence-corrected chi connectivity index (χ4v) is 5.20.